The number of alkyl carbamates (subject to hydrolysis) is 1. The Morgan fingerprint density at radius 2 is 1.62 bits per heavy atom. The molecule has 11 heteroatoms. The zero-order valence-electron chi connectivity index (χ0n) is 28.2. The first-order valence-corrected chi connectivity index (χ1v) is 17.1. The molecule has 0 unspecified atom stereocenters. The number of nitrogens with one attached hydrogen (secondary N) is 3. The third-order valence-electron chi connectivity index (χ3n) is 8.82. The maximum absolute atomic E-state index is 13.4. The van der Waals surface area contributed by atoms with Crippen LogP contribution >= 0.6 is 0 Å². The molecule has 0 aromatic heterocycles. The predicted octanol–water partition coefficient (Wildman–Crippen LogP) is 4.38. The maximum Gasteiger partial charge on any atom is 0.407 e. The molecule has 3 aromatic rings. The molecule has 4 atom stereocenters. The lowest BCUT2D eigenvalue weighted by molar-refractivity contribution is -0.148. The summed E-state index contributed by atoms with van der Waals surface area (Å²) in [6, 6.07) is 23.4. The highest BCUT2D eigenvalue weighted by atomic mass is 16.6. The lowest BCUT2D eigenvalue weighted by atomic mass is 9.98. The average Bonchev–Trinajstić information content (AvgIpc) is 3.45. The highest BCUT2D eigenvalue weighted by Crippen LogP contribution is 2.44. The Morgan fingerprint density at radius 3 is 2.32 bits per heavy atom. The lowest BCUT2D eigenvalue weighted by Crippen LogP contribution is -2.47. The van der Waals surface area contributed by atoms with Crippen LogP contribution in [0.2, 0.25) is 0 Å². The van der Waals surface area contributed by atoms with Crippen LogP contribution in [0.5, 0.6) is 0 Å². The summed E-state index contributed by atoms with van der Waals surface area (Å²) in [5, 5.41) is 17.6. The van der Waals surface area contributed by atoms with Crippen molar-refractivity contribution in [1.82, 2.24) is 16.0 Å². The van der Waals surface area contributed by atoms with Gasteiger partial charge in [0.15, 0.2) is 0 Å². The Kier molecular flexibility index (Phi) is 13.2. The molecule has 0 saturated carbocycles. The second-order valence-corrected chi connectivity index (χ2v) is 12.7. The van der Waals surface area contributed by atoms with Crippen LogP contribution in [0.1, 0.15) is 55.2 Å². The fourth-order valence-electron chi connectivity index (χ4n) is 6.19. The van der Waals surface area contributed by atoms with Gasteiger partial charge in [0.1, 0.15) is 19.3 Å². The number of rotatable bonds is 11. The van der Waals surface area contributed by atoms with Crippen LogP contribution < -0.4 is 16.0 Å². The number of fused-ring (bicyclic) bond motifs is 3. The molecule has 1 heterocycles. The van der Waals surface area contributed by atoms with E-state index in [0.29, 0.717) is 6.42 Å². The third-order valence-corrected chi connectivity index (χ3v) is 8.82. The maximum atomic E-state index is 13.4. The smallest absolute Gasteiger partial charge is 0.407 e. The molecule has 0 bridgehead atoms. The van der Waals surface area contributed by atoms with Crippen molar-refractivity contribution < 1.29 is 38.5 Å². The fraction of sp³-hybridized carbons (Fsp3) is 0.385. The van der Waals surface area contributed by atoms with E-state index in [1.807, 2.05) is 72.8 Å². The molecule has 11 nitrogen and oxygen atoms in total. The first-order valence-electron chi connectivity index (χ1n) is 17.1. The summed E-state index contributed by atoms with van der Waals surface area (Å²) in [5.41, 5.74) is 5.31. The van der Waals surface area contributed by atoms with Crippen LogP contribution in [-0.4, -0.2) is 73.5 Å². The summed E-state index contributed by atoms with van der Waals surface area (Å²) < 4.78 is 17.2. The molecule has 2 aliphatic rings. The second-order valence-electron chi connectivity index (χ2n) is 12.7. The zero-order valence-corrected chi connectivity index (χ0v) is 28.2. The summed E-state index contributed by atoms with van der Waals surface area (Å²) >= 11 is 0. The van der Waals surface area contributed by atoms with Gasteiger partial charge in [0.25, 0.3) is 0 Å². The Bertz CT molecular complexity index is 1600. The number of aliphatic hydroxyl groups excluding tert-OH is 1. The van der Waals surface area contributed by atoms with E-state index in [2.05, 4.69) is 28.1 Å². The van der Waals surface area contributed by atoms with Gasteiger partial charge >= 0.3 is 12.1 Å². The second kappa shape index (κ2) is 18.1. The van der Waals surface area contributed by atoms with E-state index >= 15 is 0 Å². The molecule has 4 N–H and O–H groups in total. The number of amides is 3. The molecule has 3 amide bonds. The topological polar surface area (TPSA) is 152 Å². The van der Waals surface area contributed by atoms with E-state index in [4.69, 9.17) is 14.2 Å². The molecular weight excluding hydrogens is 638 g/mol. The van der Waals surface area contributed by atoms with Gasteiger partial charge in [0, 0.05) is 18.4 Å². The molecular formula is C39H45N3O8. The Balaban J connectivity index is 1.24. The number of hydrogen-bond acceptors (Lipinski definition) is 8. The van der Waals surface area contributed by atoms with E-state index in [0.717, 1.165) is 27.8 Å². The van der Waals surface area contributed by atoms with Crippen LogP contribution in [0.25, 0.3) is 11.1 Å². The monoisotopic (exact) mass is 683 g/mol. The summed E-state index contributed by atoms with van der Waals surface area (Å²) in [7, 11) is 0. The molecule has 1 aliphatic heterocycles. The van der Waals surface area contributed by atoms with E-state index in [-0.39, 0.29) is 64.1 Å². The molecule has 50 heavy (non-hydrogen) atoms. The average molecular weight is 684 g/mol. The van der Waals surface area contributed by atoms with Crippen molar-refractivity contribution in [3.63, 3.8) is 0 Å². The molecule has 264 valence electrons. The number of esters is 1. The number of ether oxygens (including phenoxy) is 3. The Hall–Kier alpha value is -5.00. The van der Waals surface area contributed by atoms with Crippen LogP contribution in [0.4, 0.5) is 4.79 Å². The summed E-state index contributed by atoms with van der Waals surface area (Å²) in [6.07, 6.45) is 3.67. The molecule has 0 fully saturated rings. The van der Waals surface area contributed by atoms with Crippen molar-refractivity contribution in [3.8, 4) is 11.1 Å². The van der Waals surface area contributed by atoms with Gasteiger partial charge in [0.05, 0.1) is 31.8 Å². The lowest BCUT2D eigenvalue weighted by Gasteiger charge is -2.23. The van der Waals surface area contributed by atoms with Crippen LogP contribution in [-0.2, 0) is 35.2 Å². The third kappa shape index (κ3) is 10.0. The van der Waals surface area contributed by atoms with Crippen molar-refractivity contribution >= 4 is 23.9 Å². The van der Waals surface area contributed by atoms with E-state index in [1.54, 1.807) is 13.0 Å². The summed E-state index contributed by atoms with van der Waals surface area (Å²) in [4.78, 5) is 52.5. The number of benzene rings is 3. The van der Waals surface area contributed by atoms with Crippen molar-refractivity contribution in [2.24, 2.45) is 5.92 Å². The van der Waals surface area contributed by atoms with Crippen LogP contribution in [0.15, 0.2) is 91.0 Å². The fourth-order valence-corrected chi connectivity index (χ4v) is 6.19. The number of aliphatic hydroxyl groups is 1. The van der Waals surface area contributed by atoms with Gasteiger partial charge in [-0.1, -0.05) is 91.0 Å². The minimum Gasteiger partial charge on any atom is -0.462 e. The molecule has 1 aliphatic carbocycles. The quantitative estimate of drug-likeness (QED) is 0.172. The molecule has 3 aromatic carbocycles. The first-order chi connectivity index (χ1) is 24.3. The van der Waals surface area contributed by atoms with Gasteiger partial charge in [-0.25, -0.2) is 9.59 Å². The van der Waals surface area contributed by atoms with E-state index in [1.165, 1.54) is 0 Å². The van der Waals surface area contributed by atoms with E-state index < -0.39 is 42.0 Å². The predicted molar refractivity (Wildman–Crippen MR) is 187 cm³/mol. The van der Waals surface area contributed by atoms with Crippen molar-refractivity contribution in [2.45, 2.75) is 63.3 Å². The van der Waals surface area contributed by atoms with Gasteiger partial charge in [-0.15, -0.1) is 0 Å². The van der Waals surface area contributed by atoms with Gasteiger partial charge in [-0.05, 0) is 54.0 Å². The SMILES string of the molecule is C[C@H](CO)NC(=O)C[C@H]1CC=CCC[C@H](NC(=O)OCC2c3ccccc3-c3ccccc32)C(=O)OC[C@H](COCc2ccccc2)NC1=O. The van der Waals surface area contributed by atoms with E-state index in [9.17, 15) is 24.3 Å². The molecule has 0 radical (unpaired) electrons. The first kappa shape index (κ1) is 36.3. The van der Waals surface area contributed by atoms with Crippen molar-refractivity contribution in [1.29, 1.82) is 0 Å². The van der Waals surface area contributed by atoms with Gasteiger partial charge in [0.2, 0.25) is 11.8 Å². The molecule has 0 spiro atoms. The Labute approximate surface area is 292 Å². The highest BCUT2D eigenvalue weighted by Gasteiger charge is 2.31. The normalized spacial score (nSPS) is 20.1. The van der Waals surface area contributed by atoms with Crippen LogP contribution in [0.3, 0.4) is 0 Å². The highest BCUT2D eigenvalue weighted by molar-refractivity contribution is 5.86. The number of hydrogen-bond donors (Lipinski definition) is 4. The number of allylic oxidation sites excluding steroid dienone is 2. The zero-order chi connectivity index (χ0) is 35.3. The molecule has 5 rings (SSSR count). The minimum atomic E-state index is -1.00. The number of cyclic esters (lactones) is 1. The largest absolute Gasteiger partial charge is 0.462 e. The summed E-state index contributed by atoms with van der Waals surface area (Å²) in [6.45, 7) is 1.65. The van der Waals surface area contributed by atoms with Crippen molar-refractivity contribution in [3.05, 3.63) is 108 Å². The van der Waals surface area contributed by atoms with Crippen LogP contribution in [0, 0.1) is 5.92 Å². The van der Waals surface area contributed by atoms with Crippen molar-refractivity contribution in [2.75, 3.05) is 26.4 Å². The van der Waals surface area contributed by atoms with Gasteiger partial charge < -0.3 is 35.3 Å². The standard InChI is InChI=1S/C39H45N3O8/c1-26(21-43)40-36(44)20-28-14-6-3-7-19-35(38(46)49-24-29(41-37(28)45)23-48-22-27-12-4-2-5-13-27)42-39(47)50-25-34-32-17-10-8-15-30(32)31-16-9-11-18-33(31)34/h2-6,8-13,15-18,26,28-29,34-35,43H,7,14,19-25H2,1H3,(H,40,44)(H,41,45)(H,42,47)/t26-,28-,29+,35+/m1/s1. The molecule has 0 saturated heterocycles. The van der Waals surface area contributed by atoms with Gasteiger partial charge in [-0.3, -0.25) is 9.59 Å². The number of carbonyl (C=O) groups excluding carboxylic acids is 4. The van der Waals surface area contributed by atoms with Gasteiger partial charge in [-0.2, -0.15) is 0 Å². The Morgan fingerprint density at radius 1 is 0.940 bits per heavy atom. The minimum absolute atomic E-state index is 0.0364. The number of carbonyl (C=O) groups is 4. The summed E-state index contributed by atoms with van der Waals surface area (Å²) in [5.74, 6) is -2.26.